The average molecular weight is 182 g/mol. The minimum absolute atomic E-state index is 0. The summed E-state index contributed by atoms with van der Waals surface area (Å²) in [5, 5.41) is 1.88. The summed E-state index contributed by atoms with van der Waals surface area (Å²) >= 11 is 0. The minimum atomic E-state index is -0.0139. The molecule has 12 heavy (non-hydrogen) atoms. The van der Waals surface area contributed by atoms with Crippen molar-refractivity contribution in [1.82, 2.24) is 0 Å². The number of hydrogen-bond acceptors (Lipinski definition) is 3. The first-order chi connectivity index (χ1) is 5.78. The van der Waals surface area contributed by atoms with Gasteiger partial charge >= 0.3 is 15.1 Å². The summed E-state index contributed by atoms with van der Waals surface area (Å²) in [5.41, 5.74) is 0. The molecule has 76 valence electrons. The highest BCUT2D eigenvalue weighted by Crippen LogP contribution is 1.42. The van der Waals surface area contributed by atoms with Gasteiger partial charge in [0, 0.05) is 1.43 Å². The molecule has 0 aromatic heterocycles. The van der Waals surface area contributed by atoms with Gasteiger partial charge < -0.3 is 15.2 Å². The molecule has 0 amide bonds. The summed E-state index contributed by atoms with van der Waals surface area (Å²) in [6.45, 7) is 0. The first kappa shape index (κ1) is 12.0. The third kappa shape index (κ3) is 4.76. The standard InChI is InChI=1S/C2H12B2N2O2.CH8BNO.H2/c1-7-5-3-6(4-5)8-2;1-4-3-2;/h5-6H,3-4H2,1-2H3;3H2,1-2H3;1H/i;;1+1. The van der Waals surface area contributed by atoms with Crippen LogP contribution in [0.1, 0.15) is 1.43 Å². The second-order valence-corrected chi connectivity index (χ2v) is 2.96. The van der Waals surface area contributed by atoms with Crippen LogP contribution in [0.5, 0.6) is 0 Å². The van der Waals surface area contributed by atoms with Gasteiger partial charge in [-0.2, -0.15) is 0 Å². The van der Waals surface area contributed by atoms with Gasteiger partial charge in [-0.1, -0.05) is 0 Å². The Hall–Kier alpha value is -0.0452. The molecule has 0 unspecified atom stereocenters. The minimum Gasteiger partial charge on any atom is -0.471 e. The van der Waals surface area contributed by atoms with Gasteiger partial charge in [0.2, 0.25) is 0 Å². The summed E-state index contributed by atoms with van der Waals surface area (Å²) in [6, 6.07) is 0. The lowest BCUT2D eigenvalue weighted by Crippen LogP contribution is -3.53. The predicted octanol–water partition coefficient (Wildman–Crippen LogP) is -7.47. The van der Waals surface area contributed by atoms with Crippen LogP contribution in [0.25, 0.3) is 0 Å². The molecule has 0 aliphatic carbocycles. The normalized spacial score (nSPS) is 27.0. The fourth-order valence-corrected chi connectivity index (χ4v) is 1.15. The molecule has 1 aliphatic heterocycles. The summed E-state index contributed by atoms with van der Waals surface area (Å²) in [6.07, 6.45) is 0. The van der Waals surface area contributed by atoms with E-state index in [0.29, 0.717) is 7.98 Å². The zero-order valence-electron chi connectivity index (χ0n) is 7.80. The van der Waals surface area contributed by atoms with E-state index in [2.05, 4.69) is 4.84 Å². The fourth-order valence-electron chi connectivity index (χ4n) is 1.15. The lowest BCUT2D eigenvalue weighted by atomic mass is 9.82. The van der Waals surface area contributed by atoms with Crippen LogP contribution in [-0.2, 0) is 14.5 Å². The molecule has 0 bridgehead atoms. The Morgan fingerprint density at radius 3 is 1.67 bits per heavy atom. The Kier molecular flexibility index (Phi) is 7.57. The van der Waals surface area contributed by atoms with Gasteiger partial charge in [0.15, 0.2) is 7.98 Å². The van der Waals surface area contributed by atoms with Crippen LogP contribution in [0.2, 0.25) is 0 Å². The molecule has 1 aliphatic rings. The van der Waals surface area contributed by atoms with Gasteiger partial charge in [-0.3, -0.25) is 14.5 Å². The van der Waals surface area contributed by atoms with Crippen molar-refractivity contribution >= 4 is 23.1 Å². The van der Waals surface area contributed by atoms with Crippen LogP contribution in [-0.4, -0.2) is 44.4 Å². The number of nitrogens with one attached hydrogen (secondary N) is 2. The molecule has 6 nitrogen and oxygen atoms in total. The monoisotopic (exact) mass is 182 g/mol. The van der Waals surface area contributed by atoms with E-state index in [4.69, 9.17) is 9.68 Å². The zero-order chi connectivity index (χ0) is 9.40. The zero-order valence-corrected chi connectivity index (χ0v) is 7.80. The van der Waals surface area contributed by atoms with Gasteiger partial charge in [0.1, 0.15) is 0 Å². The Bertz CT molecular complexity index is 99.1. The van der Waals surface area contributed by atoms with E-state index < -0.39 is 0 Å². The second-order valence-electron chi connectivity index (χ2n) is 2.96. The van der Waals surface area contributed by atoms with Crippen molar-refractivity contribution in [2.24, 2.45) is 0 Å². The maximum Gasteiger partial charge on any atom is 0.366 e. The Balaban J connectivity index is 0. The topological polar surface area (TPSA) is 53.2 Å². The van der Waals surface area contributed by atoms with Crippen LogP contribution >= 0.6 is 0 Å². The molecular formula is C3H22B3N3O3. The first-order valence-corrected chi connectivity index (χ1v) is 3.87. The summed E-state index contributed by atoms with van der Waals surface area (Å²) in [5.74, 6) is 0. The molecule has 9 heteroatoms. The van der Waals surface area contributed by atoms with Crippen molar-refractivity contribution in [3.63, 3.8) is 0 Å². The maximum atomic E-state index is 5.05. The predicted molar refractivity (Wildman–Crippen MR) is 54.0 cm³/mol. The van der Waals surface area contributed by atoms with Crippen molar-refractivity contribution in [2.75, 3.05) is 21.3 Å². The Labute approximate surface area is 76.5 Å². The lowest BCUT2D eigenvalue weighted by Gasteiger charge is -2.45. The van der Waals surface area contributed by atoms with Crippen molar-refractivity contribution in [3.8, 4) is 0 Å². The SMILES string of the molecule is CO[NH+]1[BH2-][NH+](OC)[BH2-]1.[2HH].[BH3-][NH2+]OC. The van der Waals surface area contributed by atoms with E-state index in [9.17, 15) is 0 Å². The number of nitrogens with two attached hydrogens (primary N) is 1. The first-order valence-electron chi connectivity index (χ1n) is 3.87. The summed E-state index contributed by atoms with van der Waals surface area (Å²) in [7, 11) is 5.59. The molecule has 1 saturated heterocycles. The fraction of sp³-hybridized carbons (Fsp3) is 1.00. The van der Waals surface area contributed by atoms with E-state index in [-0.39, 0.29) is 16.5 Å². The van der Waals surface area contributed by atoms with Crippen LogP contribution < -0.4 is 15.2 Å². The van der Waals surface area contributed by atoms with E-state index in [0.717, 1.165) is 0 Å². The van der Waals surface area contributed by atoms with Gasteiger partial charge in [-0.05, 0) is 0 Å². The molecular weight excluding hydrogens is 158 g/mol. The molecule has 0 spiro atoms. The van der Waals surface area contributed by atoms with Crippen LogP contribution in [0.15, 0.2) is 0 Å². The highest BCUT2D eigenvalue weighted by molar-refractivity contribution is 6.40. The van der Waals surface area contributed by atoms with Gasteiger partial charge in [-0.15, -0.1) is 0 Å². The van der Waals surface area contributed by atoms with Crippen LogP contribution in [0.3, 0.4) is 0 Å². The molecule has 0 radical (unpaired) electrons. The van der Waals surface area contributed by atoms with Crippen LogP contribution in [0, 0.1) is 0 Å². The molecule has 4 N–H and O–H groups in total. The molecule has 0 saturated carbocycles. The van der Waals surface area contributed by atoms with Gasteiger partial charge in [-0.25, -0.2) is 0 Å². The quantitative estimate of drug-likeness (QED) is 0.300. The van der Waals surface area contributed by atoms with Crippen molar-refractivity contribution in [3.05, 3.63) is 0 Å². The summed E-state index contributed by atoms with van der Waals surface area (Å²) in [4.78, 5) is 17.4. The molecule has 0 aromatic rings. The van der Waals surface area contributed by atoms with E-state index in [1.807, 2.05) is 5.39 Å². The largest absolute Gasteiger partial charge is 0.471 e. The van der Waals surface area contributed by atoms with Gasteiger partial charge in [0.25, 0.3) is 0 Å². The Morgan fingerprint density at radius 2 is 1.50 bits per heavy atom. The van der Waals surface area contributed by atoms with Crippen LogP contribution in [0.4, 0.5) is 0 Å². The van der Waals surface area contributed by atoms with E-state index in [1.54, 1.807) is 21.3 Å². The molecule has 1 rings (SSSR count). The summed E-state index contributed by atoms with van der Waals surface area (Å²) < 4.78 is 0. The molecule has 0 aromatic carbocycles. The van der Waals surface area contributed by atoms with Gasteiger partial charge in [0.05, 0.1) is 21.3 Å². The third-order valence-corrected chi connectivity index (χ3v) is 2.22. The molecule has 1 heterocycles. The van der Waals surface area contributed by atoms with E-state index >= 15 is 0 Å². The smallest absolute Gasteiger partial charge is 0.366 e. The molecule has 0 atom stereocenters. The average Bonchev–Trinajstić information content (AvgIpc) is 2.04. The third-order valence-electron chi connectivity index (χ3n) is 2.22. The number of quaternary nitrogens is 3. The van der Waals surface area contributed by atoms with Crippen molar-refractivity contribution in [2.45, 2.75) is 0 Å². The lowest BCUT2D eigenvalue weighted by molar-refractivity contribution is -1.10. The highest BCUT2D eigenvalue weighted by Gasteiger charge is 2.20. The van der Waals surface area contributed by atoms with Crippen molar-refractivity contribution in [1.29, 1.82) is 0 Å². The van der Waals surface area contributed by atoms with E-state index in [1.165, 1.54) is 9.77 Å². The Morgan fingerprint density at radius 1 is 1.17 bits per heavy atom. The molecule has 1 fully saturated rings. The maximum absolute atomic E-state index is 5.05. The number of hydrogen-bond donors (Lipinski definition) is 3. The second kappa shape index (κ2) is 7.60. The number of rotatable bonds is 3. The highest BCUT2D eigenvalue weighted by atomic mass is 16.7. The van der Waals surface area contributed by atoms with Crippen molar-refractivity contribution < 1.29 is 31.1 Å².